The Morgan fingerprint density at radius 1 is 1.70 bits per heavy atom. The minimum atomic E-state index is -0.889. The maximum Gasteiger partial charge on any atom is 0.305 e. The molecule has 4 heteroatoms. The molecule has 0 amide bonds. The van der Waals surface area contributed by atoms with Crippen LogP contribution < -0.4 is 5.32 Å². The molecule has 10 heavy (non-hydrogen) atoms. The van der Waals surface area contributed by atoms with E-state index in [0.29, 0.717) is 6.54 Å². The molecule has 3 N–H and O–H groups in total. The molecule has 1 unspecified atom stereocenters. The predicted molar refractivity (Wildman–Crippen MR) is 36.8 cm³/mol. The van der Waals surface area contributed by atoms with E-state index in [1.165, 1.54) is 0 Å². The van der Waals surface area contributed by atoms with Crippen molar-refractivity contribution < 1.29 is 15.0 Å². The molecule has 60 valence electrons. The summed E-state index contributed by atoms with van der Waals surface area (Å²) in [6.07, 6.45) is -0.0235. The number of likely N-dealkylation sites (N-methyl/N-ethyl adjacent to an activating group) is 1. The molecule has 0 fully saturated rings. The van der Waals surface area contributed by atoms with E-state index in [2.05, 4.69) is 5.32 Å². The number of aliphatic hydroxyl groups is 1. The number of carboxylic acid groups (broad SMARTS) is 1. The van der Waals surface area contributed by atoms with Crippen molar-refractivity contribution in [2.75, 3.05) is 13.2 Å². The molecule has 1 atom stereocenters. The number of hydrogen-bond acceptors (Lipinski definition) is 3. The second kappa shape index (κ2) is 5.20. The van der Waals surface area contributed by atoms with Gasteiger partial charge in [0, 0.05) is 6.04 Å². The number of carbonyl (C=O) groups is 1. The second-order valence-electron chi connectivity index (χ2n) is 2.04. The number of nitrogens with one attached hydrogen (secondary N) is 1. The van der Waals surface area contributed by atoms with E-state index in [4.69, 9.17) is 10.2 Å². The molecular formula is C6H13NO3. The molecule has 0 aromatic rings. The van der Waals surface area contributed by atoms with Gasteiger partial charge in [0.15, 0.2) is 0 Å². The summed E-state index contributed by atoms with van der Waals surface area (Å²) in [5.74, 6) is -0.889. The third kappa shape index (κ3) is 4.29. The zero-order valence-electron chi connectivity index (χ0n) is 6.00. The van der Waals surface area contributed by atoms with Gasteiger partial charge in [-0.2, -0.15) is 0 Å². The SMILES string of the molecule is CCNC(CO)CC(=O)O. The Kier molecular flexibility index (Phi) is 4.88. The van der Waals surface area contributed by atoms with Gasteiger partial charge in [-0.15, -0.1) is 0 Å². The van der Waals surface area contributed by atoms with Gasteiger partial charge < -0.3 is 15.5 Å². The molecule has 0 radical (unpaired) electrons. The summed E-state index contributed by atoms with van der Waals surface area (Å²) in [5.41, 5.74) is 0. The molecule has 0 saturated heterocycles. The fourth-order valence-corrected chi connectivity index (χ4v) is 0.701. The fourth-order valence-electron chi connectivity index (χ4n) is 0.701. The van der Waals surface area contributed by atoms with Gasteiger partial charge in [-0.1, -0.05) is 6.92 Å². The Bertz CT molecular complexity index is 105. The molecule has 0 aromatic heterocycles. The third-order valence-electron chi connectivity index (χ3n) is 1.13. The van der Waals surface area contributed by atoms with Crippen molar-refractivity contribution in [3.8, 4) is 0 Å². The maximum atomic E-state index is 10.1. The van der Waals surface area contributed by atoms with Crippen LogP contribution in [-0.4, -0.2) is 35.4 Å². The Labute approximate surface area is 59.9 Å². The predicted octanol–water partition coefficient (Wildman–Crippen LogP) is -0.569. The lowest BCUT2D eigenvalue weighted by Gasteiger charge is -2.10. The first-order valence-corrected chi connectivity index (χ1v) is 3.26. The summed E-state index contributed by atoms with van der Waals surface area (Å²) in [7, 11) is 0. The van der Waals surface area contributed by atoms with Crippen LogP contribution in [0.4, 0.5) is 0 Å². The summed E-state index contributed by atoms with van der Waals surface area (Å²) in [4.78, 5) is 10.1. The second-order valence-corrected chi connectivity index (χ2v) is 2.04. The van der Waals surface area contributed by atoms with E-state index < -0.39 is 5.97 Å². The molecule has 0 aliphatic carbocycles. The molecule has 4 nitrogen and oxygen atoms in total. The molecule has 0 bridgehead atoms. The van der Waals surface area contributed by atoms with Crippen LogP contribution in [0.15, 0.2) is 0 Å². The Hall–Kier alpha value is -0.610. The van der Waals surface area contributed by atoms with E-state index in [-0.39, 0.29) is 19.1 Å². The molecule has 0 saturated carbocycles. The highest BCUT2D eigenvalue weighted by Gasteiger charge is 2.09. The number of aliphatic hydroxyl groups excluding tert-OH is 1. The number of aliphatic carboxylic acids is 1. The average Bonchev–Trinajstić information content (AvgIpc) is 1.86. The molecule has 0 aliphatic rings. The monoisotopic (exact) mass is 147 g/mol. The summed E-state index contributed by atoms with van der Waals surface area (Å²) in [6.45, 7) is 2.42. The van der Waals surface area contributed by atoms with Crippen LogP contribution >= 0.6 is 0 Å². The summed E-state index contributed by atoms with van der Waals surface area (Å²) in [5, 5.41) is 19.7. The normalized spacial score (nSPS) is 13.0. The Morgan fingerprint density at radius 2 is 2.30 bits per heavy atom. The van der Waals surface area contributed by atoms with E-state index in [1.807, 2.05) is 6.92 Å². The van der Waals surface area contributed by atoms with Crippen molar-refractivity contribution in [3.63, 3.8) is 0 Å². The van der Waals surface area contributed by atoms with Crippen LogP contribution in [0.3, 0.4) is 0 Å². The minimum absolute atomic E-state index is 0.0235. The molecule has 0 spiro atoms. The first-order chi connectivity index (χ1) is 4.70. The average molecular weight is 147 g/mol. The van der Waals surface area contributed by atoms with Gasteiger partial charge in [-0.3, -0.25) is 4.79 Å². The molecular weight excluding hydrogens is 134 g/mol. The van der Waals surface area contributed by atoms with Gasteiger partial charge in [-0.25, -0.2) is 0 Å². The van der Waals surface area contributed by atoms with Gasteiger partial charge in [0.1, 0.15) is 0 Å². The van der Waals surface area contributed by atoms with Gasteiger partial charge in [0.25, 0.3) is 0 Å². The van der Waals surface area contributed by atoms with Crippen molar-refractivity contribution in [2.45, 2.75) is 19.4 Å². The van der Waals surface area contributed by atoms with Gasteiger partial charge in [0.2, 0.25) is 0 Å². The minimum Gasteiger partial charge on any atom is -0.481 e. The maximum absolute atomic E-state index is 10.1. The quantitative estimate of drug-likeness (QED) is 0.487. The van der Waals surface area contributed by atoms with Crippen LogP contribution in [0, 0.1) is 0 Å². The fraction of sp³-hybridized carbons (Fsp3) is 0.833. The first-order valence-electron chi connectivity index (χ1n) is 3.26. The lowest BCUT2D eigenvalue weighted by molar-refractivity contribution is -0.137. The van der Waals surface area contributed by atoms with Crippen molar-refractivity contribution in [1.29, 1.82) is 0 Å². The smallest absolute Gasteiger partial charge is 0.305 e. The molecule has 0 heterocycles. The lowest BCUT2D eigenvalue weighted by atomic mass is 10.2. The van der Waals surface area contributed by atoms with E-state index >= 15 is 0 Å². The van der Waals surface area contributed by atoms with Gasteiger partial charge in [0.05, 0.1) is 13.0 Å². The van der Waals surface area contributed by atoms with Crippen LogP contribution in [-0.2, 0) is 4.79 Å². The van der Waals surface area contributed by atoms with Crippen molar-refractivity contribution in [3.05, 3.63) is 0 Å². The molecule has 0 aromatic carbocycles. The Morgan fingerprint density at radius 3 is 2.60 bits per heavy atom. The lowest BCUT2D eigenvalue weighted by Crippen LogP contribution is -2.34. The van der Waals surface area contributed by atoms with E-state index in [9.17, 15) is 4.79 Å². The van der Waals surface area contributed by atoms with Gasteiger partial charge >= 0.3 is 5.97 Å². The summed E-state index contributed by atoms with van der Waals surface area (Å²) < 4.78 is 0. The third-order valence-corrected chi connectivity index (χ3v) is 1.13. The van der Waals surface area contributed by atoms with Crippen LogP contribution in [0.2, 0.25) is 0 Å². The van der Waals surface area contributed by atoms with Crippen molar-refractivity contribution in [2.24, 2.45) is 0 Å². The van der Waals surface area contributed by atoms with Crippen LogP contribution in [0.25, 0.3) is 0 Å². The largest absolute Gasteiger partial charge is 0.481 e. The van der Waals surface area contributed by atoms with Gasteiger partial charge in [-0.05, 0) is 6.54 Å². The first kappa shape index (κ1) is 9.39. The van der Waals surface area contributed by atoms with Crippen LogP contribution in [0.1, 0.15) is 13.3 Å². The van der Waals surface area contributed by atoms with E-state index in [0.717, 1.165) is 0 Å². The molecule has 0 aliphatic heterocycles. The highest BCUT2D eigenvalue weighted by molar-refractivity contribution is 5.67. The number of hydrogen-bond donors (Lipinski definition) is 3. The number of rotatable bonds is 5. The topological polar surface area (TPSA) is 69.6 Å². The highest BCUT2D eigenvalue weighted by Crippen LogP contribution is 1.89. The van der Waals surface area contributed by atoms with Crippen LogP contribution in [0.5, 0.6) is 0 Å². The van der Waals surface area contributed by atoms with Crippen molar-refractivity contribution >= 4 is 5.97 Å². The zero-order chi connectivity index (χ0) is 7.98. The standard InChI is InChI=1S/C6H13NO3/c1-2-7-5(4-8)3-6(9)10/h5,7-8H,2-4H2,1H3,(H,9,10). The summed E-state index contributed by atoms with van der Waals surface area (Å²) >= 11 is 0. The molecule has 0 rings (SSSR count). The highest BCUT2D eigenvalue weighted by atomic mass is 16.4. The zero-order valence-corrected chi connectivity index (χ0v) is 6.00. The van der Waals surface area contributed by atoms with E-state index in [1.54, 1.807) is 0 Å². The van der Waals surface area contributed by atoms with Crippen molar-refractivity contribution in [1.82, 2.24) is 5.32 Å². The Balaban J connectivity index is 3.49. The summed E-state index contributed by atoms with van der Waals surface area (Å²) in [6, 6.07) is -0.303. The number of carboxylic acids is 1.